The second-order valence-corrected chi connectivity index (χ2v) is 10.2. The van der Waals surface area contributed by atoms with E-state index in [-0.39, 0.29) is 30.3 Å². The van der Waals surface area contributed by atoms with Crippen molar-refractivity contribution in [1.82, 2.24) is 14.4 Å². The fourth-order valence-electron chi connectivity index (χ4n) is 4.94. The number of carbonyl (C=O) groups is 2. The summed E-state index contributed by atoms with van der Waals surface area (Å²) in [6.07, 6.45) is 8.91. The number of rotatable bonds is 13. The molecule has 1 aliphatic carbocycles. The van der Waals surface area contributed by atoms with Crippen LogP contribution in [0.2, 0.25) is 0 Å². The number of benzene rings is 1. The molecule has 3 rings (SSSR count). The second kappa shape index (κ2) is 14.1. The van der Waals surface area contributed by atoms with Crippen LogP contribution in [-0.4, -0.2) is 59.0 Å². The van der Waals surface area contributed by atoms with E-state index in [2.05, 4.69) is 52.1 Å². The van der Waals surface area contributed by atoms with Crippen LogP contribution in [0.3, 0.4) is 0 Å². The molecule has 1 heterocycles. The highest BCUT2D eigenvalue weighted by Gasteiger charge is 2.29. The molecule has 192 valence electrons. The molecule has 1 aliphatic rings. The van der Waals surface area contributed by atoms with Crippen LogP contribution < -0.4 is 0 Å². The summed E-state index contributed by atoms with van der Waals surface area (Å²) in [6.45, 7) is 6.72. The molecule has 1 aromatic heterocycles. The van der Waals surface area contributed by atoms with E-state index in [0.717, 1.165) is 44.3 Å². The number of methoxy groups -OCH3 is 1. The predicted octanol–water partition coefficient (Wildman–Crippen LogP) is 5.11. The number of carbonyl (C=O) groups excluding carboxylic acids is 2. The molecule has 6 heteroatoms. The molecule has 0 bridgehead atoms. The molecule has 6 nitrogen and oxygen atoms in total. The van der Waals surface area contributed by atoms with Crippen LogP contribution >= 0.6 is 0 Å². The monoisotopic (exact) mass is 481 g/mol. The van der Waals surface area contributed by atoms with Crippen molar-refractivity contribution in [3.05, 3.63) is 59.9 Å². The van der Waals surface area contributed by atoms with Crippen molar-refractivity contribution < 1.29 is 14.3 Å². The van der Waals surface area contributed by atoms with E-state index in [1.54, 1.807) is 12.0 Å². The minimum absolute atomic E-state index is 0.0545. The highest BCUT2D eigenvalue weighted by atomic mass is 16.5. The smallest absolute Gasteiger partial charge is 0.242 e. The average molecular weight is 482 g/mol. The van der Waals surface area contributed by atoms with Gasteiger partial charge in [-0.05, 0) is 42.9 Å². The minimum atomic E-state index is 0.0545. The predicted molar refractivity (Wildman–Crippen MR) is 140 cm³/mol. The van der Waals surface area contributed by atoms with E-state index in [1.165, 1.54) is 12.0 Å². The average Bonchev–Trinajstić information content (AvgIpc) is 3.29. The number of hydrogen-bond acceptors (Lipinski definition) is 3. The molecular formula is C29H43N3O3. The first-order chi connectivity index (χ1) is 17.0. The molecule has 1 aromatic carbocycles. The standard InChI is InChI=1S/C29H43N3O3/c1-24(2)20-28(33)31(18-11-19-35-3)23-29(34)32(26-14-8-5-9-15-26)22-27-16-10-17-30(27)21-25-12-6-4-7-13-25/h4,6-7,10,12-13,16-17,24,26H,5,8-9,11,14-15,18-23H2,1-3H3. The third-order valence-corrected chi connectivity index (χ3v) is 6.83. The van der Waals surface area contributed by atoms with Gasteiger partial charge in [-0.1, -0.05) is 63.4 Å². The zero-order chi connectivity index (χ0) is 25.0. The maximum absolute atomic E-state index is 13.8. The van der Waals surface area contributed by atoms with Crippen molar-refractivity contribution in [1.29, 1.82) is 0 Å². The first kappa shape index (κ1) is 27.0. The summed E-state index contributed by atoms with van der Waals surface area (Å²) in [5, 5.41) is 0. The molecule has 0 saturated heterocycles. The van der Waals surface area contributed by atoms with Crippen molar-refractivity contribution >= 4 is 11.8 Å². The van der Waals surface area contributed by atoms with Gasteiger partial charge < -0.3 is 19.1 Å². The normalized spacial score (nSPS) is 14.3. The van der Waals surface area contributed by atoms with E-state index < -0.39 is 0 Å². The number of hydrogen-bond donors (Lipinski definition) is 0. The first-order valence-corrected chi connectivity index (χ1v) is 13.2. The molecule has 0 spiro atoms. The Bertz CT molecular complexity index is 903. The van der Waals surface area contributed by atoms with Gasteiger partial charge >= 0.3 is 0 Å². The summed E-state index contributed by atoms with van der Waals surface area (Å²) in [4.78, 5) is 30.5. The molecule has 0 atom stereocenters. The van der Waals surface area contributed by atoms with Crippen molar-refractivity contribution in [2.75, 3.05) is 26.8 Å². The van der Waals surface area contributed by atoms with Crippen molar-refractivity contribution in [3.8, 4) is 0 Å². The Morgan fingerprint density at radius 3 is 2.46 bits per heavy atom. The third-order valence-electron chi connectivity index (χ3n) is 6.83. The van der Waals surface area contributed by atoms with Gasteiger partial charge in [-0.3, -0.25) is 9.59 Å². The van der Waals surface area contributed by atoms with Gasteiger partial charge in [0.1, 0.15) is 0 Å². The Morgan fingerprint density at radius 1 is 1.03 bits per heavy atom. The first-order valence-electron chi connectivity index (χ1n) is 13.2. The van der Waals surface area contributed by atoms with Gasteiger partial charge in [0.2, 0.25) is 11.8 Å². The van der Waals surface area contributed by atoms with Crippen LogP contribution in [0.5, 0.6) is 0 Å². The van der Waals surface area contributed by atoms with Crippen LogP contribution in [-0.2, 0) is 27.4 Å². The van der Waals surface area contributed by atoms with E-state index >= 15 is 0 Å². The van der Waals surface area contributed by atoms with Crippen molar-refractivity contribution in [2.24, 2.45) is 5.92 Å². The summed E-state index contributed by atoms with van der Waals surface area (Å²) in [6, 6.07) is 14.8. The molecule has 0 aliphatic heterocycles. The molecule has 35 heavy (non-hydrogen) atoms. The Kier molecular flexibility index (Phi) is 10.9. The Morgan fingerprint density at radius 2 is 1.77 bits per heavy atom. The SMILES string of the molecule is COCCCN(CC(=O)N(Cc1cccn1Cc1ccccc1)C1CCCCC1)C(=O)CC(C)C. The molecule has 2 amide bonds. The van der Waals surface area contributed by atoms with Crippen molar-refractivity contribution in [3.63, 3.8) is 0 Å². The summed E-state index contributed by atoms with van der Waals surface area (Å²) >= 11 is 0. The van der Waals surface area contributed by atoms with Gasteiger partial charge in [0, 0.05) is 51.2 Å². The molecule has 1 saturated carbocycles. The lowest BCUT2D eigenvalue weighted by Gasteiger charge is -2.36. The number of ether oxygens (including phenoxy) is 1. The van der Waals surface area contributed by atoms with Crippen LogP contribution in [0.1, 0.15) is 70.1 Å². The van der Waals surface area contributed by atoms with Gasteiger partial charge in [0.05, 0.1) is 13.1 Å². The molecular weight excluding hydrogens is 438 g/mol. The number of aromatic nitrogens is 1. The molecule has 0 N–H and O–H groups in total. The summed E-state index contributed by atoms with van der Waals surface area (Å²) < 4.78 is 7.43. The van der Waals surface area contributed by atoms with Crippen LogP contribution in [0, 0.1) is 5.92 Å². The maximum atomic E-state index is 13.8. The quantitative estimate of drug-likeness (QED) is 0.374. The van der Waals surface area contributed by atoms with Crippen molar-refractivity contribution in [2.45, 2.75) is 77.9 Å². The van der Waals surface area contributed by atoms with Crippen LogP contribution in [0.15, 0.2) is 48.7 Å². The summed E-state index contributed by atoms with van der Waals surface area (Å²) in [5.41, 5.74) is 2.37. The Hall–Kier alpha value is -2.60. The molecule has 1 fully saturated rings. The zero-order valence-electron chi connectivity index (χ0n) is 21.8. The van der Waals surface area contributed by atoms with E-state index in [1.807, 2.05) is 19.9 Å². The third kappa shape index (κ3) is 8.53. The zero-order valence-corrected chi connectivity index (χ0v) is 21.8. The number of amides is 2. The Balaban J connectivity index is 1.76. The highest BCUT2D eigenvalue weighted by Crippen LogP contribution is 2.25. The lowest BCUT2D eigenvalue weighted by Crippen LogP contribution is -2.48. The molecule has 0 radical (unpaired) electrons. The second-order valence-electron chi connectivity index (χ2n) is 10.2. The van der Waals surface area contributed by atoms with Crippen LogP contribution in [0.25, 0.3) is 0 Å². The Labute approximate surface area is 211 Å². The largest absolute Gasteiger partial charge is 0.385 e. The molecule has 0 unspecified atom stereocenters. The fraction of sp³-hybridized carbons (Fsp3) is 0.586. The number of nitrogens with zero attached hydrogens (tertiary/aromatic N) is 3. The highest BCUT2D eigenvalue weighted by molar-refractivity contribution is 5.85. The van der Waals surface area contributed by atoms with Gasteiger partial charge in [-0.25, -0.2) is 0 Å². The van der Waals surface area contributed by atoms with Gasteiger partial charge in [-0.15, -0.1) is 0 Å². The maximum Gasteiger partial charge on any atom is 0.242 e. The van der Waals surface area contributed by atoms with Gasteiger partial charge in [0.15, 0.2) is 0 Å². The summed E-state index contributed by atoms with van der Waals surface area (Å²) in [7, 11) is 1.67. The lowest BCUT2D eigenvalue weighted by molar-refractivity contribution is -0.143. The van der Waals surface area contributed by atoms with Gasteiger partial charge in [0.25, 0.3) is 0 Å². The fourth-order valence-corrected chi connectivity index (χ4v) is 4.94. The molecule has 2 aromatic rings. The topological polar surface area (TPSA) is 54.8 Å². The lowest BCUT2D eigenvalue weighted by atomic mass is 9.94. The minimum Gasteiger partial charge on any atom is -0.385 e. The van der Waals surface area contributed by atoms with E-state index in [0.29, 0.717) is 26.1 Å². The van der Waals surface area contributed by atoms with Gasteiger partial charge in [-0.2, -0.15) is 0 Å². The van der Waals surface area contributed by atoms with Crippen LogP contribution in [0.4, 0.5) is 0 Å². The van der Waals surface area contributed by atoms with E-state index in [9.17, 15) is 9.59 Å². The van der Waals surface area contributed by atoms with E-state index in [4.69, 9.17) is 4.74 Å². The summed E-state index contributed by atoms with van der Waals surface area (Å²) in [5.74, 6) is 0.373.